The van der Waals surface area contributed by atoms with Crippen molar-refractivity contribution in [2.45, 2.75) is 69.2 Å². The number of alkyl halides is 3. The lowest BCUT2D eigenvalue weighted by atomic mass is 9.93. The van der Waals surface area contributed by atoms with Gasteiger partial charge in [-0.05, 0) is 40.0 Å². The molecular weight excluding hydrogens is 367 g/mol. The second kappa shape index (κ2) is 6.98. The van der Waals surface area contributed by atoms with Gasteiger partial charge in [-0.2, -0.15) is 18.3 Å². The zero-order valence-corrected chi connectivity index (χ0v) is 16.0. The average Bonchev–Trinajstić information content (AvgIpc) is 3.08. The van der Waals surface area contributed by atoms with Crippen LogP contribution < -0.4 is 0 Å². The van der Waals surface area contributed by atoms with Crippen LogP contribution in [0.3, 0.4) is 0 Å². The van der Waals surface area contributed by atoms with Crippen LogP contribution in [0.25, 0.3) is 0 Å². The molecule has 2 aliphatic heterocycles. The van der Waals surface area contributed by atoms with Crippen molar-refractivity contribution in [3.05, 3.63) is 11.4 Å². The Morgan fingerprint density at radius 1 is 1.27 bits per heavy atom. The van der Waals surface area contributed by atoms with Crippen LogP contribution in [0.2, 0.25) is 0 Å². The number of hydrogen-bond donors (Lipinski definition) is 0. The molecule has 0 bridgehead atoms. The molecule has 1 aromatic rings. The third kappa shape index (κ3) is 4.47. The topological polar surface area (TPSA) is 47.4 Å². The Morgan fingerprint density at radius 2 is 1.92 bits per heavy atom. The number of piperidine rings is 1. The largest absolute Gasteiger partial charge is 0.444 e. The molecule has 5 nitrogen and oxygen atoms in total. The first-order valence-electron chi connectivity index (χ1n) is 8.80. The van der Waals surface area contributed by atoms with E-state index in [-0.39, 0.29) is 12.0 Å². The van der Waals surface area contributed by atoms with Gasteiger partial charge in [-0.25, -0.2) is 4.79 Å². The maximum absolute atomic E-state index is 12.8. The molecule has 9 heteroatoms. The molecule has 0 saturated carbocycles. The number of amides is 1. The molecule has 0 aliphatic carbocycles. The number of nitrogens with zero attached hydrogens (tertiary/aromatic N) is 3. The van der Waals surface area contributed by atoms with Crippen molar-refractivity contribution in [1.82, 2.24) is 14.7 Å². The van der Waals surface area contributed by atoms with E-state index in [1.165, 1.54) is 0 Å². The van der Waals surface area contributed by atoms with E-state index in [0.29, 0.717) is 38.0 Å². The van der Waals surface area contributed by atoms with Crippen LogP contribution in [-0.4, -0.2) is 51.4 Å². The first-order valence-corrected chi connectivity index (χ1v) is 9.79. The van der Waals surface area contributed by atoms with Gasteiger partial charge in [0, 0.05) is 24.8 Å². The minimum absolute atomic E-state index is 0.0857. The Balaban J connectivity index is 1.68. The highest BCUT2D eigenvalue weighted by Crippen LogP contribution is 2.41. The lowest BCUT2D eigenvalue weighted by molar-refractivity contribution is -0.143. The van der Waals surface area contributed by atoms with Crippen molar-refractivity contribution in [1.29, 1.82) is 0 Å². The molecular formula is C17H24F3N3O2S. The summed E-state index contributed by atoms with van der Waals surface area (Å²) in [7, 11) is 0. The molecule has 1 aromatic heterocycles. The third-order valence-corrected chi connectivity index (χ3v) is 5.62. The van der Waals surface area contributed by atoms with E-state index in [2.05, 4.69) is 5.10 Å². The van der Waals surface area contributed by atoms with E-state index in [9.17, 15) is 18.0 Å². The molecule has 0 unspecified atom stereocenters. The van der Waals surface area contributed by atoms with Crippen LogP contribution in [0.15, 0.2) is 4.90 Å². The molecule has 0 atom stereocenters. The summed E-state index contributed by atoms with van der Waals surface area (Å²) in [5.41, 5.74) is 0.939. The van der Waals surface area contributed by atoms with Gasteiger partial charge < -0.3 is 9.64 Å². The van der Waals surface area contributed by atoms with Gasteiger partial charge in [0.15, 0.2) is 0 Å². The van der Waals surface area contributed by atoms with Crippen molar-refractivity contribution >= 4 is 17.9 Å². The smallest absolute Gasteiger partial charge is 0.410 e. The quantitative estimate of drug-likeness (QED) is 0.758. The number of carbonyl (C=O) groups is 1. The summed E-state index contributed by atoms with van der Waals surface area (Å²) in [6, 6.07) is 0. The maximum Gasteiger partial charge on any atom is 0.410 e. The molecule has 0 aromatic carbocycles. The molecule has 1 fully saturated rings. The van der Waals surface area contributed by atoms with Gasteiger partial charge in [0.1, 0.15) is 12.1 Å². The summed E-state index contributed by atoms with van der Waals surface area (Å²) in [5.74, 6) is 0.886. The van der Waals surface area contributed by atoms with Gasteiger partial charge in [-0.15, -0.1) is 11.8 Å². The zero-order chi connectivity index (χ0) is 19.1. The fourth-order valence-corrected chi connectivity index (χ4v) is 4.61. The van der Waals surface area contributed by atoms with Crippen LogP contribution in [-0.2, 0) is 17.7 Å². The summed E-state index contributed by atoms with van der Waals surface area (Å²) in [5, 5.41) is 4.31. The van der Waals surface area contributed by atoms with Gasteiger partial charge >= 0.3 is 12.3 Å². The highest BCUT2D eigenvalue weighted by atomic mass is 32.2. The van der Waals surface area contributed by atoms with Crippen molar-refractivity contribution in [3.8, 4) is 0 Å². The number of fused-ring (bicyclic) bond motifs is 1. The predicted octanol–water partition coefficient (Wildman–Crippen LogP) is 4.21. The monoisotopic (exact) mass is 391 g/mol. The number of thioether (sulfide) groups is 1. The minimum atomic E-state index is -4.27. The fraction of sp³-hybridized carbons (Fsp3) is 0.765. The van der Waals surface area contributed by atoms with Crippen molar-refractivity contribution < 1.29 is 22.7 Å². The molecule has 26 heavy (non-hydrogen) atoms. The van der Waals surface area contributed by atoms with E-state index in [4.69, 9.17) is 4.74 Å². The second-order valence-electron chi connectivity index (χ2n) is 7.77. The van der Waals surface area contributed by atoms with E-state index in [1.54, 1.807) is 16.7 Å². The van der Waals surface area contributed by atoms with Crippen LogP contribution in [0.4, 0.5) is 18.0 Å². The Kier molecular flexibility index (Phi) is 5.20. The molecule has 1 saturated heterocycles. The highest BCUT2D eigenvalue weighted by Gasteiger charge is 2.36. The number of likely N-dealkylation sites (tertiary alicyclic amines) is 1. The van der Waals surface area contributed by atoms with Gasteiger partial charge in [0.2, 0.25) is 0 Å². The lowest BCUT2D eigenvalue weighted by Crippen LogP contribution is -2.41. The predicted molar refractivity (Wildman–Crippen MR) is 92.5 cm³/mol. The number of rotatable bonds is 2. The summed E-state index contributed by atoms with van der Waals surface area (Å²) >= 11 is 1.59. The molecule has 1 amide bonds. The van der Waals surface area contributed by atoms with E-state index >= 15 is 0 Å². The zero-order valence-electron chi connectivity index (χ0n) is 15.2. The second-order valence-corrected chi connectivity index (χ2v) is 8.88. The first kappa shape index (κ1) is 19.4. The van der Waals surface area contributed by atoms with Crippen LogP contribution in [0.5, 0.6) is 0 Å². The highest BCUT2D eigenvalue weighted by molar-refractivity contribution is 7.99. The number of aromatic nitrogens is 2. The third-order valence-electron chi connectivity index (χ3n) is 4.48. The van der Waals surface area contributed by atoms with Gasteiger partial charge in [0.05, 0.1) is 16.3 Å². The normalized spacial score (nSPS) is 18.9. The Hall–Kier alpha value is -1.38. The molecule has 0 spiro atoms. The number of hydrogen-bond acceptors (Lipinski definition) is 4. The number of halogens is 3. The van der Waals surface area contributed by atoms with E-state index < -0.39 is 18.3 Å². The molecule has 0 radical (unpaired) electrons. The molecule has 146 valence electrons. The summed E-state index contributed by atoms with van der Waals surface area (Å²) in [6.07, 6.45) is -2.60. The van der Waals surface area contributed by atoms with E-state index in [0.717, 1.165) is 21.0 Å². The van der Waals surface area contributed by atoms with Gasteiger partial charge in [0.25, 0.3) is 0 Å². The number of carbonyl (C=O) groups excluding carboxylic acids is 1. The molecule has 3 heterocycles. The Morgan fingerprint density at radius 3 is 2.50 bits per heavy atom. The van der Waals surface area contributed by atoms with Crippen LogP contribution >= 0.6 is 11.8 Å². The molecule has 2 aliphatic rings. The fourth-order valence-electron chi connectivity index (χ4n) is 3.38. The summed E-state index contributed by atoms with van der Waals surface area (Å²) in [4.78, 5) is 14.7. The van der Waals surface area contributed by atoms with Crippen LogP contribution in [0.1, 0.15) is 50.9 Å². The first-order chi connectivity index (χ1) is 12.0. The number of ether oxygens (including phenoxy) is 1. The lowest BCUT2D eigenvalue weighted by Gasteiger charge is -2.33. The summed E-state index contributed by atoms with van der Waals surface area (Å²) in [6.45, 7) is 5.51. The SMILES string of the molecule is CC(C)(C)OC(=O)N1CCC(c2nn(CC(F)(F)F)c3c2SCC3)CC1. The van der Waals surface area contributed by atoms with Crippen LogP contribution in [0, 0.1) is 0 Å². The summed E-state index contributed by atoms with van der Waals surface area (Å²) < 4.78 is 45.0. The maximum atomic E-state index is 12.8. The molecule has 3 rings (SSSR count). The average molecular weight is 391 g/mol. The Bertz CT molecular complexity index is 674. The van der Waals surface area contributed by atoms with Crippen molar-refractivity contribution in [2.75, 3.05) is 18.8 Å². The van der Waals surface area contributed by atoms with Crippen molar-refractivity contribution in [3.63, 3.8) is 0 Å². The molecule has 0 N–H and O–H groups in total. The van der Waals surface area contributed by atoms with Crippen molar-refractivity contribution in [2.24, 2.45) is 0 Å². The minimum Gasteiger partial charge on any atom is -0.444 e. The standard InChI is InChI=1S/C17H24F3N3O2S/c1-16(2,3)25-15(24)22-7-4-11(5-8-22)13-14-12(6-9-26-14)23(21-13)10-17(18,19)20/h11H,4-10H2,1-3H3. The van der Waals surface area contributed by atoms with Gasteiger partial charge in [-0.3, -0.25) is 4.68 Å². The van der Waals surface area contributed by atoms with E-state index in [1.807, 2.05) is 20.8 Å². The Labute approximate surface area is 155 Å². The van der Waals surface area contributed by atoms with Gasteiger partial charge in [-0.1, -0.05) is 0 Å².